The van der Waals surface area contributed by atoms with Crippen molar-refractivity contribution in [3.63, 3.8) is 0 Å². The van der Waals surface area contributed by atoms with E-state index in [9.17, 15) is 4.79 Å². The lowest BCUT2D eigenvalue weighted by atomic mass is 9.76. The second-order valence-electron chi connectivity index (χ2n) is 4.23. The third kappa shape index (κ3) is 2.42. The molecule has 0 radical (unpaired) electrons. The number of hydrogen-bond donors (Lipinski definition) is 1. The van der Waals surface area contributed by atoms with Gasteiger partial charge in [0.05, 0.1) is 13.5 Å². The van der Waals surface area contributed by atoms with Crippen LogP contribution >= 0.6 is 11.8 Å². The van der Waals surface area contributed by atoms with Crippen LogP contribution in [0.1, 0.15) is 26.7 Å². The van der Waals surface area contributed by atoms with Gasteiger partial charge in [-0.2, -0.15) is 11.8 Å². The number of nitrogens with two attached hydrogens (primary N) is 1. The zero-order valence-electron chi connectivity index (χ0n) is 9.08. The van der Waals surface area contributed by atoms with Gasteiger partial charge >= 0.3 is 5.97 Å². The molecule has 0 aromatic heterocycles. The van der Waals surface area contributed by atoms with Crippen molar-refractivity contribution in [1.82, 2.24) is 0 Å². The van der Waals surface area contributed by atoms with Crippen molar-refractivity contribution < 1.29 is 9.53 Å². The molecule has 1 saturated heterocycles. The van der Waals surface area contributed by atoms with Crippen LogP contribution in [-0.2, 0) is 9.53 Å². The lowest BCUT2D eigenvalue weighted by Crippen LogP contribution is -2.41. The second-order valence-corrected chi connectivity index (χ2v) is 5.66. The maximum absolute atomic E-state index is 11.3. The van der Waals surface area contributed by atoms with Gasteiger partial charge < -0.3 is 10.5 Å². The maximum Gasteiger partial charge on any atom is 0.306 e. The Morgan fingerprint density at radius 1 is 1.79 bits per heavy atom. The molecule has 3 unspecified atom stereocenters. The quantitative estimate of drug-likeness (QED) is 0.726. The lowest BCUT2D eigenvalue weighted by molar-refractivity contribution is -0.143. The largest absolute Gasteiger partial charge is 0.469 e. The summed E-state index contributed by atoms with van der Waals surface area (Å²) in [5.74, 6) is 0.831. The van der Waals surface area contributed by atoms with Crippen molar-refractivity contribution in [2.75, 3.05) is 12.9 Å². The first-order valence-electron chi connectivity index (χ1n) is 4.94. The molecule has 3 atom stereocenters. The molecule has 0 saturated carbocycles. The average Bonchev–Trinajstić information content (AvgIpc) is 2.48. The van der Waals surface area contributed by atoms with E-state index in [0.29, 0.717) is 11.7 Å². The van der Waals surface area contributed by atoms with Gasteiger partial charge in [0, 0.05) is 22.5 Å². The minimum atomic E-state index is -0.142. The van der Waals surface area contributed by atoms with E-state index in [1.165, 1.54) is 7.11 Å². The minimum absolute atomic E-state index is 0.0445. The molecular formula is C10H19NO2S. The molecule has 3 nitrogen and oxygen atoms in total. The van der Waals surface area contributed by atoms with Gasteiger partial charge in [0.1, 0.15) is 0 Å². The molecule has 0 aromatic rings. The summed E-state index contributed by atoms with van der Waals surface area (Å²) < 4.78 is 4.72. The summed E-state index contributed by atoms with van der Waals surface area (Å²) in [6.07, 6.45) is 1.48. The molecule has 1 aliphatic rings. The fourth-order valence-electron chi connectivity index (χ4n) is 1.96. The van der Waals surface area contributed by atoms with E-state index in [-0.39, 0.29) is 17.4 Å². The first-order chi connectivity index (χ1) is 6.50. The number of hydrogen-bond acceptors (Lipinski definition) is 4. The molecule has 0 amide bonds. The topological polar surface area (TPSA) is 52.3 Å². The summed E-state index contributed by atoms with van der Waals surface area (Å²) >= 11 is 1.90. The minimum Gasteiger partial charge on any atom is -0.469 e. The summed E-state index contributed by atoms with van der Waals surface area (Å²) in [7, 11) is 1.43. The van der Waals surface area contributed by atoms with Crippen molar-refractivity contribution in [2.24, 2.45) is 11.1 Å². The summed E-state index contributed by atoms with van der Waals surface area (Å²) in [6.45, 7) is 4.17. The van der Waals surface area contributed by atoms with Crippen LogP contribution in [0, 0.1) is 5.41 Å². The van der Waals surface area contributed by atoms with E-state index < -0.39 is 0 Å². The van der Waals surface area contributed by atoms with Gasteiger partial charge in [-0.3, -0.25) is 4.79 Å². The van der Waals surface area contributed by atoms with Crippen LogP contribution in [0.3, 0.4) is 0 Å². The number of thioether (sulfide) groups is 1. The number of ether oxygens (including phenoxy) is 1. The summed E-state index contributed by atoms with van der Waals surface area (Å²) in [5.41, 5.74) is 5.93. The van der Waals surface area contributed by atoms with Crippen LogP contribution in [0.25, 0.3) is 0 Å². The zero-order chi connectivity index (χ0) is 10.8. The predicted octanol–water partition coefficient (Wildman–Crippen LogP) is 1.41. The molecule has 0 aliphatic carbocycles. The molecule has 0 bridgehead atoms. The second kappa shape index (κ2) is 4.53. The molecule has 0 spiro atoms. The standard InChI is InChI=1S/C10H19NO2S/c1-7-4-10(6-14-7,8(2)11)5-9(12)13-3/h7-8H,4-6,11H2,1-3H3. The lowest BCUT2D eigenvalue weighted by Gasteiger charge is -2.31. The Kier molecular flexibility index (Phi) is 3.84. The molecule has 14 heavy (non-hydrogen) atoms. The van der Waals surface area contributed by atoms with E-state index >= 15 is 0 Å². The number of esters is 1. The van der Waals surface area contributed by atoms with Crippen molar-refractivity contribution in [3.8, 4) is 0 Å². The molecule has 1 aliphatic heterocycles. The molecule has 4 heteroatoms. The van der Waals surface area contributed by atoms with E-state index in [4.69, 9.17) is 10.5 Å². The number of carbonyl (C=O) groups excluding carboxylic acids is 1. The van der Waals surface area contributed by atoms with E-state index in [1.54, 1.807) is 0 Å². The van der Waals surface area contributed by atoms with E-state index in [2.05, 4.69) is 6.92 Å². The van der Waals surface area contributed by atoms with Gasteiger partial charge in [-0.05, 0) is 13.3 Å². The van der Waals surface area contributed by atoms with E-state index in [0.717, 1.165) is 12.2 Å². The Morgan fingerprint density at radius 3 is 2.79 bits per heavy atom. The Bertz CT molecular complexity index is 220. The Labute approximate surface area is 89.8 Å². The zero-order valence-corrected chi connectivity index (χ0v) is 9.89. The van der Waals surface area contributed by atoms with Crippen molar-refractivity contribution in [1.29, 1.82) is 0 Å². The summed E-state index contributed by atoms with van der Waals surface area (Å²) in [6, 6.07) is 0.0547. The predicted molar refractivity (Wildman–Crippen MR) is 59.3 cm³/mol. The maximum atomic E-state index is 11.3. The van der Waals surface area contributed by atoms with Gasteiger partial charge in [0.2, 0.25) is 0 Å². The van der Waals surface area contributed by atoms with Crippen LogP contribution in [0.4, 0.5) is 0 Å². The van der Waals surface area contributed by atoms with Gasteiger partial charge in [-0.15, -0.1) is 0 Å². The smallest absolute Gasteiger partial charge is 0.306 e. The highest BCUT2D eigenvalue weighted by atomic mass is 32.2. The monoisotopic (exact) mass is 217 g/mol. The Morgan fingerprint density at radius 2 is 2.43 bits per heavy atom. The van der Waals surface area contributed by atoms with Gasteiger partial charge in [-0.1, -0.05) is 6.92 Å². The third-order valence-electron chi connectivity index (χ3n) is 3.04. The Hall–Kier alpha value is -0.220. The molecule has 1 fully saturated rings. The summed E-state index contributed by atoms with van der Waals surface area (Å²) in [4.78, 5) is 11.3. The molecule has 82 valence electrons. The number of rotatable bonds is 3. The van der Waals surface area contributed by atoms with Crippen molar-refractivity contribution in [3.05, 3.63) is 0 Å². The highest BCUT2D eigenvalue weighted by molar-refractivity contribution is 8.00. The van der Waals surface area contributed by atoms with Gasteiger partial charge in [0.15, 0.2) is 0 Å². The molecule has 2 N–H and O–H groups in total. The molecule has 1 heterocycles. The fourth-order valence-corrected chi connectivity index (χ4v) is 3.51. The molecular weight excluding hydrogens is 198 g/mol. The highest BCUT2D eigenvalue weighted by Crippen LogP contribution is 2.45. The van der Waals surface area contributed by atoms with Gasteiger partial charge in [0.25, 0.3) is 0 Å². The van der Waals surface area contributed by atoms with Crippen LogP contribution < -0.4 is 5.73 Å². The third-order valence-corrected chi connectivity index (χ3v) is 4.52. The van der Waals surface area contributed by atoms with Crippen molar-refractivity contribution >= 4 is 17.7 Å². The van der Waals surface area contributed by atoms with Crippen molar-refractivity contribution in [2.45, 2.75) is 38.0 Å². The highest BCUT2D eigenvalue weighted by Gasteiger charge is 2.42. The summed E-state index contributed by atoms with van der Waals surface area (Å²) in [5, 5.41) is 0.602. The number of methoxy groups -OCH3 is 1. The van der Waals surface area contributed by atoms with E-state index in [1.807, 2.05) is 18.7 Å². The average molecular weight is 217 g/mol. The van der Waals surface area contributed by atoms with Gasteiger partial charge in [-0.25, -0.2) is 0 Å². The van der Waals surface area contributed by atoms with Crippen LogP contribution in [0.2, 0.25) is 0 Å². The SMILES string of the molecule is COC(=O)CC1(C(C)N)CSC(C)C1. The van der Waals surface area contributed by atoms with Crippen LogP contribution in [0.5, 0.6) is 0 Å². The Balaban J connectivity index is 2.68. The molecule has 1 rings (SSSR count). The van der Waals surface area contributed by atoms with Crippen LogP contribution in [0.15, 0.2) is 0 Å². The fraction of sp³-hybridized carbons (Fsp3) is 0.900. The molecule has 0 aromatic carbocycles. The van der Waals surface area contributed by atoms with Crippen LogP contribution in [-0.4, -0.2) is 30.1 Å². The normalized spacial score (nSPS) is 34.1. The first kappa shape index (κ1) is 11.9. The number of carbonyl (C=O) groups is 1. The first-order valence-corrected chi connectivity index (χ1v) is 5.99.